The van der Waals surface area contributed by atoms with Gasteiger partial charge < -0.3 is 13.9 Å². The van der Waals surface area contributed by atoms with Crippen molar-refractivity contribution in [2.24, 2.45) is 0 Å². The van der Waals surface area contributed by atoms with Crippen LogP contribution in [0.25, 0.3) is 22.3 Å². The maximum atomic E-state index is 13.1. The lowest BCUT2D eigenvalue weighted by atomic mass is 10.1. The van der Waals surface area contributed by atoms with E-state index in [0.717, 1.165) is 16.2 Å². The summed E-state index contributed by atoms with van der Waals surface area (Å²) in [5.41, 5.74) is 2.32. The van der Waals surface area contributed by atoms with Crippen LogP contribution in [0.2, 0.25) is 0 Å². The van der Waals surface area contributed by atoms with Crippen LogP contribution in [0.15, 0.2) is 86.9 Å². The van der Waals surface area contributed by atoms with Gasteiger partial charge in [0.05, 0.1) is 5.39 Å². The van der Waals surface area contributed by atoms with Gasteiger partial charge in [0, 0.05) is 10.5 Å². The van der Waals surface area contributed by atoms with E-state index < -0.39 is 0 Å². The number of hydrogen-bond acceptors (Lipinski definition) is 5. The zero-order chi connectivity index (χ0) is 20.9. The maximum absolute atomic E-state index is 13.1. The first-order valence-electron chi connectivity index (χ1n) is 9.68. The van der Waals surface area contributed by atoms with Crippen molar-refractivity contribution >= 4 is 22.7 Å². The highest BCUT2D eigenvalue weighted by Crippen LogP contribution is 2.32. The van der Waals surface area contributed by atoms with Crippen LogP contribution in [-0.2, 0) is 0 Å². The second-order valence-corrected chi connectivity index (χ2v) is 7.70. The third-order valence-electron chi connectivity index (χ3n) is 4.73. The Kier molecular flexibility index (Phi) is 6.10. The highest BCUT2D eigenvalue weighted by molar-refractivity contribution is 7.98. The summed E-state index contributed by atoms with van der Waals surface area (Å²) in [6, 6.07) is 22.9. The molecule has 1 aromatic heterocycles. The van der Waals surface area contributed by atoms with Crippen molar-refractivity contribution in [3.05, 3.63) is 88.6 Å². The van der Waals surface area contributed by atoms with Crippen LogP contribution < -0.4 is 14.9 Å². The number of para-hydroxylation sites is 1. The van der Waals surface area contributed by atoms with Crippen molar-refractivity contribution < 1.29 is 13.9 Å². The summed E-state index contributed by atoms with van der Waals surface area (Å²) in [7, 11) is 0. The Morgan fingerprint density at radius 3 is 2.30 bits per heavy atom. The van der Waals surface area contributed by atoms with Gasteiger partial charge in [0.25, 0.3) is 0 Å². The molecule has 4 aromatic rings. The van der Waals surface area contributed by atoms with E-state index in [1.807, 2.05) is 73.8 Å². The summed E-state index contributed by atoms with van der Waals surface area (Å²) in [6.07, 6.45) is 2.02. The Labute approximate surface area is 179 Å². The van der Waals surface area contributed by atoms with Crippen molar-refractivity contribution in [2.45, 2.75) is 11.8 Å². The van der Waals surface area contributed by atoms with Gasteiger partial charge in [-0.1, -0.05) is 29.8 Å². The zero-order valence-electron chi connectivity index (χ0n) is 16.9. The molecule has 4 rings (SSSR count). The van der Waals surface area contributed by atoms with Crippen LogP contribution >= 0.6 is 11.8 Å². The molecule has 4 nitrogen and oxygen atoms in total. The van der Waals surface area contributed by atoms with Gasteiger partial charge in [-0.2, -0.15) is 0 Å². The highest BCUT2D eigenvalue weighted by atomic mass is 32.2. The van der Waals surface area contributed by atoms with Gasteiger partial charge >= 0.3 is 0 Å². The summed E-state index contributed by atoms with van der Waals surface area (Å²) >= 11 is 1.66. The van der Waals surface area contributed by atoms with Gasteiger partial charge in [0.2, 0.25) is 11.2 Å². The quantitative estimate of drug-likeness (QED) is 0.274. The first kappa shape index (κ1) is 20.1. The molecule has 0 atom stereocenters. The summed E-state index contributed by atoms with van der Waals surface area (Å²) in [5, 5.41) is 0.497. The average Bonchev–Trinajstić information content (AvgIpc) is 2.79. The molecular weight excluding hydrogens is 396 g/mol. The lowest BCUT2D eigenvalue weighted by Crippen LogP contribution is -2.15. The Morgan fingerprint density at radius 1 is 0.867 bits per heavy atom. The molecule has 1 heterocycles. The molecule has 5 heteroatoms. The minimum atomic E-state index is -0.184. The van der Waals surface area contributed by atoms with Crippen LogP contribution in [0, 0.1) is 6.92 Å². The van der Waals surface area contributed by atoms with Crippen molar-refractivity contribution in [3.63, 3.8) is 0 Å². The molecule has 0 aliphatic carbocycles. The minimum Gasteiger partial charge on any atom is -0.490 e. The first-order chi connectivity index (χ1) is 14.7. The van der Waals surface area contributed by atoms with E-state index in [9.17, 15) is 4.79 Å². The fraction of sp³-hybridized carbons (Fsp3) is 0.160. The fourth-order valence-electron chi connectivity index (χ4n) is 3.13. The van der Waals surface area contributed by atoms with Gasteiger partial charge in [-0.25, -0.2) is 0 Å². The Morgan fingerprint density at radius 2 is 1.57 bits per heavy atom. The molecule has 152 valence electrons. The summed E-state index contributed by atoms with van der Waals surface area (Å²) < 4.78 is 17.7. The molecule has 0 fully saturated rings. The van der Waals surface area contributed by atoms with E-state index in [1.165, 1.54) is 5.56 Å². The molecule has 3 aromatic carbocycles. The molecule has 0 aliphatic rings. The second-order valence-electron chi connectivity index (χ2n) is 6.82. The van der Waals surface area contributed by atoms with E-state index in [0.29, 0.717) is 23.3 Å². The van der Waals surface area contributed by atoms with Gasteiger partial charge in [0.15, 0.2) is 5.76 Å². The molecule has 0 saturated carbocycles. The number of ether oxygens (including phenoxy) is 2. The predicted octanol–water partition coefficient (Wildman–Crippen LogP) is 5.95. The molecular formula is C25H22O4S. The monoisotopic (exact) mass is 418 g/mol. The molecule has 0 spiro atoms. The Balaban J connectivity index is 1.61. The minimum absolute atomic E-state index is 0.184. The number of thioether (sulfide) groups is 1. The second kappa shape index (κ2) is 9.09. The lowest BCUT2D eigenvalue weighted by molar-refractivity contribution is 0.214. The number of hydrogen-bond donors (Lipinski definition) is 0. The molecule has 0 aliphatic heterocycles. The van der Waals surface area contributed by atoms with Crippen molar-refractivity contribution in [3.8, 4) is 22.8 Å². The standard InChI is InChI=1S/C25H22O4S/c1-17-7-11-19(12-8-17)27-15-16-28-25-23(26)21-5-3-4-6-22(21)29-24(25)18-9-13-20(30-2)14-10-18/h3-14H,15-16H2,1-2H3. The van der Waals surface area contributed by atoms with Crippen LogP contribution in [0.4, 0.5) is 0 Å². The molecule has 0 unspecified atom stereocenters. The van der Waals surface area contributed by atoms with Gasteiger partial charge in [0.1, 0.15) is 24.5 Å². The molecule has 0 saturated heterocycles. The molecule has 0 bridgehead atoms. The van der Waals surface area contributed by atoms with Crippen molar-refractivity contribution in [2.75, 3.05) is 19.5 Å². The number of fused-ring (bicyclic) bond motifs is 1. The van der Waals surface area contributed by atoms with E-state index in [4.69, 9.17) is 13.9 Å². The van der Waals surface area contributed by atoms with E-state index in [2.05, 4.69) is 0 Å². The van der Waals surface area contributed by atoms with E-state index >= 15 is 0 Å². The highest BCUT2D eigenvalue weighted by Gasteiger charge is 2.17. The SMILES string of the molecule is CSc1ccc(-c2oc3ccccc3c(=O)c2OCCOc2ccc(C)cc2)cc1. The van der Waals surface area contributed by atoms with Crippen molar-refractivity contribution in [1.82, 2.24) is 0 Å². The summed E-state index contributed by atoms with van der Waals surface area (Å²) in [6.45, 7) is 2.58. The summed E-state index contributed by atoms with van der Waals surface area (Å²) in [4.78, 5) is 14.3. The maximum Gasteiger partial charge on any atom is 0.235 e. The van der Waals surface area contributed by atoms with Gasteiger partial charge in [-0.3, -0.25) is 4.79 Å². The molecule has 0 amide bonds. The molecule has 0 N–H and O–H groups in total. The third kappa shape index (κ3) is 4.36. The van der Waals surface area contributed by atoms with Crippen molar-refractivity contribution in [1.29, 1.82) is 0 Å². The van der Waals surface area contributed by atoms with Crippen LogP contribution in [0.3, 0.4) is 0 Å². The average molecular weight is 419 g/mol. The number of benzene rings is 3. The Bertz CT molecular complexity index is 1190. The Hall–Kier alpha value is -3.18. The predicted molar refractivity (Wildman–Crippen MR) is 122 cm³/mol. The topological polar surface area (TPSA) is 48.7 Å². The fourth-order valence-corrected chi connectivity index (χ4v) is 3.53. The normalized spacial score (nSPS) is 10.9. The van der Waals surface area contributed by atoms with Crippen LogP contribution in [0.5, 0.6) is 11.5 Å². The van der Waals surface area contributed by atoms with Gasteiger partial charge in [-0.15, -0.1) is 11.8 Å². The van der Waals surface area contributed by atoms with E-state index in [1.54, 1.807) is 23.9 Å². The first-order valence-corrected chi connectivity index (χ1v) is 10.9. The van der Waals surface area contributed by atoms with E-state index in [-0.39, 0.29) is 17.8 Å². The lowest BCUT2D eigenvalue weighted by Gasteiger charge is -2.12. The largest absolute Gasteiger partial charge is 0.490 e. The summed E-state index contributed by atoms with van der Waals surface area (Å²) in [5.74, 6) is 1.41. The van der Waals surface area contributed by atoms with Crippen LogP contribution in [0.1, 0.15) is 5.56 Å². The van der Waals surface area contributed by atoms with Gasteiger partial charge in [-0.05, 0) is 61.7 Å². The third-order valence-corrected chi connectivity index (χ3v) is 5.47. The smallest absolute Gasteiger partial charge is 0.235 e. The number of aryl methyl sites for hydroxylation is 1. The molecule has 0 radical (unpaired) electrons. The molecule has 30 heavy (non-hydrogen) atoms. The zero-order valence-corrected chi connectivity index (χ0v) is 17.7. The number of rotatable bonds is 7. The van der Waals surface area contributed by atoms with Crippen LogP contribution in [-0.4, -0.2) is 19.5 Å².